The van der Waals surface area contributed by atoms with Crippen molar-refractivity contribution in [3.8, 4) is 11.1 Å². The van der Waals surface area contributed by atoms with Gasteiger partial charge in [0.2, 0.25) is 5.91 Å². The first-order chi connectivity index (χ1) is 13.0. The highest BCUT2D eigenvalue weighted by Crippen LogP contribution is 2.35. The summed E-state index contributed by atoms with van der Waals surface area (Å²) in [5, 5.41) is 12.1. The van der Waals surface area contributed by atoms with Crippen molar-refractivity contribution in [2.45, 2.75) is 12.8 Å². The van der Waals surface area contributed by atoms with E-state index in [-0.39, 0.29) is 24.2 Å². The van der Waals surface area contributed by atoms with Crippen LogP contribution < -0.4 is 5.32 Å². The number of aromatic nitrogens is 2. The minimum Gasteiger partial charge on any atom is -0.308 e. The van der Waals surface area contributed by atoms with E-state index in [9.17, 15) is 4.79 Å². The Hall–Kier alpha value is -1.79. The van der Waals surface area contributed by atoms with Crippen LogP contribution in [-0.4, -0.2) is 41.1 Å². The fourth-order valence-electron chi connectivity index (χ4n) is 3.49. The lowest BCUT2D eigenvalue weighted by atomic mass is 9.96. The average molecular weight is 440 g/mol. The molecular formula is C20H21Cl3N4O. The van der Waals surface area contributed by atoms with E-state index in [1.807, 2.05) is 30.3 Å². The average Bonchev–Trinajstić information content (AvgIpc) is 3.06. The lowest BCUT2D eigenvalue weighted by Crippen LogP contribution is -2.36. The number of anilines is 1. The van der Waals surface area contributed by atoms with Crippen molar-refractivity contribution >= 4 is 58.2 Å². The molecule has 1 saturated heterocycles. The molecule has 3 aromatic rings. The molecule has 0 spiro atoms. The molecule has 1 fully saturated rings. The zero-order chi connectivity index (χ0) is 19.0. The van der Waals surface area contributed by atoms with Gasteiger partial charge in [0.05, 0.1) is 15.6 Å². The Kier molecular flexibility index (Phi) is 6.50. The van der Waals surface area contributed by atoms with Crippen molar-refractivity contribution in [3.63, 3.8) is 0 Å². The molecule has 8 heteroatoms. The number of carbonyl (C=O) groups is 1. The Morgan fingerprint density at radius 3 is 2.71 bits per heavy atom. The number of nitrogens with zero attached hydrogens (tertiary/aromatic N) is 2. The number of carbonyl (C=O) groups excluding carboxylic acids is 1. The van der Waals surface area contributed by atoms with Crippen molar-refractivity contribution in [2.24, 2.45) is 5.92 Å². The number of halogens is 3. The second kappa shape index (κ2) is 8.70. The van der Waals surface area contributed by atoms with E-state index in [0.29, 0.717) is 15.9 Å². The summed E-state index contributed by atoms with van der Waals surface area (Å²) < 4.78 is 0. The van der Waals surface area contributed by atoms with Crippen molar-refractivity contribution in [1.29, 1.82) is 0 Å². The number of fused-ring (bicyclic) bond motifs is 1. The van der Waals surface area contributed by atoms with E-state index in [4.69, 9.17) is 23.2 Å². The van der Waals surface area contributed by atoms with Gasteiger partial charge in [0.15, 0.2) is 5.82 Å². The Balaban J connectivity index is 0.00000225. The maximum Gasteiger partial charge on any atom is 0.228 e. The molecule has 28 heavy (non-hydrogen) atoms. The highest BCUT2D eigenvalue weighted by Gasteiger charge is 2.24. The summed E-state index contributed by atoms with van der Waals surface area (Å²) in [4.78, 5) is 14.9. The quantitative estimate of drug-likeness (QED) is 0.587. The van der Waals surface area contributed by atoms with Crippen LogP contribution in [0.25, 0.3) is 22.0 Å². The van der Waals surface area contributed by atoms with E-state index in [0.717, 1.165) is 48.0 Å². The van der Waals surface area contributed by atoms with E-state index in [1.165, 1.54) is 0 Å². The summed E-state index contributed by atoms with van der Waals surface area (Å²) in [7, 11) is 2.08. The summed E-state index contributed by atoms with van der Waals surface area (Å²) in [6, 6.07) is 11.4. The lowest BCUT2D eigenvalue weighted by Gasteiger charge is -2.27. The molecule has 0 aliphatic carbocycles. The number of aromatic amines is 1. The third kappa shape index (κ3) is 4.13. The standard InChI is InChI=1S/C20H20Cl2N4O.ClH/c1-26-9-7-12(8-10-26)20(27)23-19-15-11-13(5-6-17(15)24-25-19)14-3-2-4-16(21)18(14)22;/h2-6,11-12H,7-10H2,1H3,(H2,23,24,25,27);1H. The molecular weight excluding hydrogens is 419 g/mol. The summed E-state index contributed by atoms with van der Waals surface area (Å²) in [6.07, 6.45) is 1.74. The third-order valence-corrected chi connectivity index (χ3v) is 5.98. The molecule has 148 valence electrons. The molecule has 2 heterocycles. The maximum atomic E-state index is 12.6. The minimum atomic E-state index is 0. The number of benzene rings is 2. The molecule has 2 aromatic carbocycles. The molecule has 1 aromatic heterocycles. The maximum absolute atomic E-state index is 12.6. The number of amides is 1. The second-order valence-electron chi connectivity index (χ2n) is 7.00. The van der Waals surface area contributed by atoms with Gasteiger partial charge in [-0.15, -0.1) is 12.4 Å². The van der Waals surface area contributed by atoms with Crippen LogP contribution in [0.4, 0.5) is 5.82 Å². The van der Waals surface area contributed by atoms with Crippen LogP contribution in [0.2, 0.25) is 10.0 Å². The van der Waals surface area contributed by atoms with E-state index in [1.54, 1.807) is 6.07 Å². The first-order valence-electron chi connectivity index (χ1n) is 8.95. The molecule has 1 aliphatic rings. The number of hydrogen-bond donors (Lipinski definition) is 2. The SMILES string of the molecule is CN1CCC(C(=O)Nc2n[nH]c3ccc(-c4cccc(Cl)c4Cl)cc23)CC1.Cl. The van der Waals surface area contributed by atoms with Crippen LogP contribution in [0.15, 0.2) is 36.4 Å². The molecule has 0 saturated carbocycles. The predicted octanol–water partition coefficient (Wildman–Crippen LogP) is 5.24. The molecule has 0 bridgehead atoms. The number of piperidine rings is 1. The molecule has 1 amide bonds. The van der Waals surface area contributed by atoms with Gasteiger partial charge in [-0.05, 0) is 56.7 Å². The first kappa shape index (κ1) is 20.9. The van der Waals surface area contributed by atoms with Gasteiger partial charge in [-0.25, -0.2) is 0 Å². The summed E-state index contributed by atoms with van der Waals surface area (Å²) >= 11 is 12.5. The number of likely N-dealkylation sites (tertiary alicyclic amines) is 1. The van der Waals surface area contributed by atoms with Crippen LogP contribution in [-0.2, 0) is 4.79 Å². The Labute approximate surface area is 179 Å². The second-order valence-corrected chi connectivity index (χ2v) is 7.79. The highest BCUT2D eigenvalue weighted by molar-refractivity contribution is 6.43. The topological polar surface area (TPSA) is 61.0 Å². The summed E-state index contributed by atoms with van der Waals surface area (Å²) in [5.41, 5.74) is 2.63. The minimum absolute atomic E-state index is 0. The predicted molar refractivity (Wildman–Crippen MR) is 118 cm³/mol. The van der Waals surface area contributed by atoms with E-state index >= 15 is 0 Å². The molecule has 4 rings (SSSR count). The zero-order valence-electron chi connectivity index (χ0n) is 15.3. The fraction of sp³-hybridized carbons (Fsp3) is 0.300. The van der Waals surface area contributed by atoms with Gasteiger partial charge < -0.3 is 10.2 Å². The fourth-order valence-corrected chi connectivity index (χ4v) is 3.90. The summed E-state index contributed by atoms with van der Waals surface area (Å²) in [5.74, 6) is 0.607. The molecule has 1 aliphatic heterocycles. The Bertz CT molecular complexity index is 996. The molecule has 0 radical (unpaired) electrons. The lowest BCUT2D eigenvalue weighted by molar-refractivity contribution is -0.121. The Morgan fingerprint density at radius 1 is 1.21 bits per heavy atom. The van der Waals surface area contributed by atoms with E-state index < -0.39 is 0 Å². The van der Waals surface area contributed by atoms with Gasteiger partial charge >= 0.3 is 0 Å². The number of nitrogens with one attached hydrogen (secondary N) is 2. The van der Waals surface area contributed by atoms with Crippen molar-refractivity contribution in [2.75, 3.05) is 25.5 Å². The molecule has 0 atom stereocenters. The van der Waals surface area contributed by atoms with Crippen molar-refractivity contribution in [3.05, 3.63) is 46.4 Å². The first-order valence-corrected chi connectivity index (χ1v) is 9.70. The summed E-state index contributed by atoms with van der Waals surface area (Å²) in [6.45, 7) is 1.88. The van der Waals surface area contributed by atoms with Crippen molar-refractivity contribution in [1.82, 2.24) is 15.1 Å². The molecule has 5 nitrogen and oxygen atoms in total. The number of H-pyrrole nitrogens is 1. The number of hydrogen-bond acceptors (Lipinski definition) is 3. The van der Waals surface area contributed by atoms with Gasteiger partial charge in [0, 0.05) is 16.9 Å². The van der Waals surface area contributed by atoms with Gasteiger partial charge in [-0.1, -0.05) is 41.4 Å². The highest BCUT2D eigenvalue weighted by atomic mass is 35.5. The van der Waals surface area contributed by atoms with Crippen LogP contribution in [0.5, 0.6) is 0 Å². The zero-order valence-corrected chi connectivity index (χ0v) is 17.7. The largest absolute Gasteiger partial charge is 0.308 e. The van der Waals surface area contributed by atoms with Gasteiger partial charge in [-0.3, -0.25) is 9.89 Å². The van der Waals surface area contributed by atoms with Gasteiger partial charge in [0.1, 0.15) is 0 Å². The van der Waals surface area contributed by atoms with Crippen molar-refractivity contribution < 1.29 is 4.79 Å². The smallest absolute Gasteiger partial charge is 0.228 e. The van der Waals surface area contributed by atoms with Crippen LogP contribution in [0.1, 0.15) is 12.8 Å². The van der Waals surface area contributed by atoms with Crippen LogP contribution in [0.3, 0.4) is 0 Å². The number of rotatable bonds is 3. The normalized spacial score (nSPS) is 15.4. The van der Waals surface area contributed by atoms with Gasteiger partial charge in [-0.2, -0.15) is 5.10 Å². The molecule has 2 N–H and O–H groups in total. The van der Waals surface area contributed by atoms with Gasteiger partial charge in [0.25, 0.3) is 0 Å². The molecule has 0 unspecified atom stereocenters. The van der Waals surface area contributed by atoms with Crippen LogP contribution >= 0.6 is 35.6 Å². The monoisotopic (exact) mass is 438 g/mol. The third-order valence-electron chi connectivity index (χ3n) is 5.16. The Morgan fingerprint density at radius 2 is 1.96 bits per heavy atom. The van der Waals surface area contributed by atoms with E-state index in [2.05, 4.69) is 27.5 Å². The van der Waals surface area contributed by atoms with Crippen LogP contribution in [0, 0.1) is 5.92 Å².